The molecule has 0 radical (unpaired) electrons. The Balaban J connectivity index is 1.73. The van der Waals surface area contributed by atoms with Crippen LogP contribution < -0.4 is 16.4 Å². The number of carbonyl (C=O) groups is 1. The number of thiazole rings is 1. The van der Waals surface area contributed by atoms with Crippen LogP contribution in [0.4, 0.5) is 10.9 Å². The number of nitrogen functional groups attached to an aromatic ring is 1. The average Bonchev–Trinajstić information content (AvgIpc) is 2.79. The van der Waals surface area contributed by atoms with Crippen LogP contribution in [0.1, 0.15) is 48.7 Å². The van der Waals surface area contributed by atoms with Gasteiger partial charge < -0.3 is 21.1 Å². The van der Waals surface area contributed by atoms with Crippen molar-refractivity contribution in [3.8, 4) is 0 Å². The van der Waals surface area contributed by atoms with Crippen molar-refractivity contribution in [2.75, 3.05) is 30.8 Å². The van der Waals surface area contributed by atoms with Crippen LogP contribution in [0.15, 0.2) is 0 Å². The molecule has 1 aromatic heterocycles. The zero-order chi connectivity index (χ0) is 15.1. The lowest BCUT2D eigenvalue weighted by atomic mass is 9.93. The van der Waals surface area contributed by atoms with Crippen molar-refractivity contribution in [3.63, 3.8) is 0 Å². The molecule has 0 spiro atoms. The third-order valence-electron chi connectivity index (χ3n) is 3.39. The van der Waals surface area contributed by atoms with Gasteiger partial charge in [0.2, 0.25) is 0 Å². The number of nitrogens with one attached hydrogen (secondary N) is 2. The van der Waals surface area contributed by atoms with Crippen LogP contribution in [0.2, 0.25) is 0 Å². The molecule has 0 saturated heterocycles. The molecule has 7 heteroatoms. The minimum Gasteiger partial charge on any atom is -0.382 e. The van der Waals surface area contributed by atoms with Crippen molar-refractivity contribution in [2.45, 2.75) is 45.1 Å². The van der Waals surface area contributed by atoms with E-state index in [1.165, 1.54) is 30.6 Å². The van der Waals surface area contributed by atoms with E-state index in [0.717, 1.165) is 24.6 Å². The maximum absolute atomic E-state index is 12.0. The normalized spacial score (nSPS) is 14.7. The predicted molar refractivity (Wildman–Crippen MR) is 85.8 cm³/mol. The van der Waals surface area contributed by atoms with E-state index in [-0.39, 0.29) is 5.91 Å². The molecule has 4 N–H and O–H groups in total. The third-order valence-corrected chi connectivity index (χ3v) is 4.39. The number of carbonyl (C=O) groups excluding carboxylic acids is 1. The van der Waals surface area contributed by atoms with Gasteiger partial charge in [-0.05, 0) is 32.1 Å². The minimum atomic E-state index is -0.151. The van der Waals surface area contributed by atoms with Gasteiger partial charge in [0.25, 0.3) is 5.91 Å². The molecule has 1 aromatic rings. The predicted octanol–water partition coefficient (Wildman–Crippen LogP) is 2.24. The number of hydrogen-bond donors (Lipinski definition) is 3. The summed E-state index contributed by atoms with van der Waals surface area (Å²) < 4.78 is 5.36. The number of nitrogens with zero attached hydrogens (tertiary/aromatic N) is 1. The lowest BCUT2D eigenvalue weighted by Crippen LogP contribution is -2.26. The van der Waals surface area contributed by atoms with Crippen LogP contribution in [0.3, 0.4) is 0 Å². The first kappa shape index (κ1) is 16.0. The average molecular weight is 312 g/mol. The highest BCUT2D eigenvalue weighted by Crippen LogP contribution is 2.29. The molecule has 21 heavy (non-hydrogen) atoms. The van der Waals surface area contributed by atoms with E-state index in [0.29, 0.717) is 29.9 Å². The SMILES string of the molecule is CCCOCCCNC(=O)c1sc(NC2CCC2)nc1N. The summed E-state index contributed by atoms with van der Waals surface area (Å²) in [5.74, 6) is 0.156. The molecule has 1 saturated carbocycles. The maximum Gasteiger partial charge on any atom is 0.265 e. The molecule has 6 nitrogen and oxygen atoms in total. The minimum absolute atomic E-state index is 0.151. The highest BCUT2D eigenvalue weighted by atomic mass is 32.1. The number of aromatic nitrogens is 1. The van der Waals surface area contributed by atoms with E-state index < -0.39 is 0 Å². The van der Waals surface area contributed by atoms with Crippen molar-refractivity contribution in [2.24, 2.45) is 0 Å². The van der Waals surface area contributed by atoms with Gasteiger partial charge in [0.15, 0.2) is 5.13 Å². The Kier molecular flexibility index (Phi) is 6.25. The van der Waals surface area contributed by atoms with Crippen molar-refractivity contribution in [3.05, 3.63) is 4.88 Å². The number of anilines is 2. The zero-order valence-corrected chi connectivity index (χ0v) is 13.3. The second kappa shape index (κ2) is 8.19. The summed E-state index contributed by atoms with van der Waals surface area (Å²) in [6.07, 6.45) is 5.40. The molecule has 1 aliphatic carbocycles. The lowest BCUT2D eigenvalue weighted by molar-refractivity contribution is 0.0946. The van der Waals surface area contributed by atoms with E-state index in [4.69, 9.17) is 10.5 Å². The molecule has 0 bridgehead atoms. The first-order valence-electron chi connectivity index (χ1n) is 7.59. The highest BCUT2D eigenvalue weighted by molar-refractivity contribution is 7.18. The molecule has 0 aliphatic heterocycles. The summed E-state index contributed by atoms with van der Waals surface area (Å²) in [7, 11) is 0. The van der Waals surface area contributed by atoms with E-state index in [1.807, 2.05) is 0 Å². The number of nitrogens with two attached hydrogens (primary N) is 1. The van der Waals surface area contributed by atoms with Crippen LogP contribution in [0, 0.1) is 0 Å². The van der Waals surface area contributed by atoms with E-state index >= 15 is 0 Å². The Hall–Kier alpha value is -1.34. The first-order valence-corrected chi connectivity index (χ1v) is 8.41. The Morgan fingerprint density at radius 2 is 2.29 bits per heavy atom. The fraction of sp³-hybridized carbons (Fsp3) is 0.714. The van der Waals surface area contributed by atoms with Gasteiger partial charge in [0, 0.05) is 25.8 Å². The molecule has 2 rings (SSSR count). The molecule has 1 aliphatic rings. The van der Waals surface area contributed by atoms with E-state index in [9.17, 15) is 4.79 Å². The Labute approximate surface area is 129 Å². The standard InChI is InChI=1S/C14H24N4O2S/c1-2-8-20-9-4-7-16-13(19)11-12(15)18-14(21-11)17-10-5-3-6-10/h10H,2-9,15H2,1H3,(H,16,19)(H,17,18). The topological polar surface area (TPSA) is 89.3 Å². The molecule has 1 heterocycles. The van der Waals surface area contributed by atoms with Crippen LogP contribution in [-0.2, 0) is 4.74 Å². The molecule has 0 atom stereocenters. The van der Waals surface area contributed by atoms with Crippen LogP contribution >= 0.6 is 11.3 Å². The van der Waals surface area contributed by atoms with Crippen molar-refractivity contribution >= 4 is 28.2 Å². The zero-order valence-electron chi connectivity index (χ0n) is 12.5. The Morgan fingerprint density at radius 1 is 1.48 bits per heavy atom. The molecule has 0 unspecified atom stereocenters. The van der Waals surface area contributed by atoms with Gasteiger partial charge in [0.05, 0.1) is 0 Å². The van der Waals surface area contributed by atoms with Crippen molar-refractivity contribution in [1.82, 2.24) is 10.3 Å². The monoisotopic (exact) mass is 312 g/mol. The van der Waals surface area contributed by atoms with E-state index in [2.05, 4.69) is 22.5 Å². The second-order valence-corrected chi connectivity index (χ2v) is 6.23. The number of ether oxygens (including phenoxy) is 1. The van der Waals surface area contributed by atoms with Gasteiger partial charge in [-0.3, -0.25) is 4.79 Å². The van der Waals surface area contributed by atoms with E-state index in [1.54, 1.807) is 0 Å². The van der Waals surface area contributed by atoms with Crippen LogP contribution in [0.5, 0.6) is 0 Å². The Morgan fingerprint density at radius 3 is 2.95 bits per heavy atom. The molecular weight excluding hydrogens is 288 g/mol. The summed E-state index contributed by atoms with van der Waals surface area (Å²) >= 11 is 1.33. The Bertz CT molecular complexity index is 460. The lowest BCUT2D eigenvalue weighted by Gasteiger charge is -2.25. The number of rotatable bonds is 9. The quantitative estimate of drug-likeness (QED) is 0.608. The van der Waals surface area contributed by atoms with Gasteiger partial charge in [0.1, 0.15) is 10.7 Å². The summed E-state index contributed by atoms with van der Waals surface area (Å²) in [4.78, 5) is 16.8. The summed E-state index contributed by atoms with van der Waals surface area (Å²) in [5.41, 5.74) is 5.82. The number of amides is 1. The smallest absolute Gasteiger partial charge is 0.265 e. The summed E-state index contributed by atoms with van der Waals surface area (Å²) in [6, 6.07) is 0.488. The molecule has 0 aromatic carbocycles. The van der Waals surface area contributed by atoms with Gasteiger partial charge >= 0.3 is 0 Å². The van der Waals surface area contributed by atoms with Gasteiger partial charge in [-0.1, -0.05) is 18.3 Å². The molecule has 1 amide bonds. The summed E-state index contributed by atoms with van der Waals surface area (Å²) in [6.45, 7) is 4.10. The van der Waals surface area contributed by atoms with Gasteiger partial charge in [-0.25, -0.2) is 4.98 Å². The molecule has 1 fully saturated rings. The van der Waals surface area contributed by atoms with Gasteiger partial charge in [-0.15, -0.1) is 0 Å². The number of hydrogen-bond acceptors (Lipinski definition) is 6. The fourth-order valence-electron chi connectivity index (χ4n) is 1.99. The first-order chi connectivity index (χ1) is 10.2. The maximum atomic E-state index is 12.0. The second-order valence-electron chi connectivity index (χ2n) is 5.23. The van der Waals surface area contributed by atoms with Crippen LogP contribution in [0.25, 0.3) is 0 Å². The molecule has 118 valence electrons. The van der Waals surface area contributed by atoms with Crippen molar-refractivity contribution < 1.29 is 9.53 Å². The largest absolute Gasteiger partial charge is 0.382 e. The highest BCUT2D eigenvalue weighted by Gasteiger charge is 2.21. The van der Waals surface area contributed by atoms with Crippen molar-refractivity contribution in [1.29, 1.82) is 0 Å². The van der Waals surface area contributed by atoms with Crippen LogP contribution in [-0.4, -0.2) is 36.7 Å². The fourth-order valence-corrected chi connectivity index (χ4v) is 2.86. The summed E-state index contributed by atoms with van der Waals surface area (Å²) in [5, 5.41) is 6.91. The third kappa shape index (κ3) is 4.86. The van der Waals surface area contributed by atoms with Gasteiger partial charge in [-0.2, -0.15) is 0 Å². The molecular formula is C14H24N4O2S.